The lowest BCUT2D eigenvalue weighted by molar-refractivity contribution is 0.628. The van der Waals surface area contributed by atoms with Gasteiger partial charge in [0.05, 0.1) is 5.69 Å². The zero-order valence-corrected chi connectivity index (χ0v) is 20.1. The second kappa shape index (κ2) is 8.93. The van der Waals surface area contributed by atoms with E-state index < -0.39 is 5.82 Å². The molecular formula is C24H19BrF2N4S. The molecule has 0 radical (unpaired) electrons. The van der Waals surface area contributed by atoms with E-state index in [2.05, 4.69) is 27.0 Å². The molecule has 0 saturated heterocycles. The number of thiazole rings is 1. The van der Waals surface area contributed by atoms with E-state index >= 15 is 0 Å². The van der Waals surface area contributed by atoms with E-state index in [1.165, 1.54) is 29.5 Å². The van der Waals surface area contributed by atoms with Gasteiger partial charge in [0, 0.05) is 27.7 Å². The van der Waals surface area contributed by atoms with E-state index in [1.807, 2.05) is 37.8 Å². The highest BCUT2D eigenvalue weighted by atomic mass is 79.9. The van der Waals surface area contributed by atoms with Crippen LogP contribution in [0.1, 0.15) is 37.3 Å². The number of nitriles is 1. The van der Waals surface area contributed by atoms with E-state index in [9.17, 15) is 14.0 Å². The summed E-state index contributed by atoms with van der Waals surface area (Å²) in [6, 6.07) is 13.3. The monoisotopic (exact) mass is 512 g/mol. The van der Waals surface area contributed by atoms with Gasteiger partial charge in [-0.05, 0) is 55.3 Å². The molecule has 0 aliphatic carbocycles. The third kappa shape index (κ3) is 4.10. The van der Waals surface area contributed by atoms with E-state index in [1.54, 1.807) is 12.1 Å². The first-order valence-electron chi connectivity index (χ1n) is 10.1. The number of hydrogen-bond donors (Lipinski definition) is 0. The van der Waals surface area contributed by atoms with Crippen LogP contribution in [0.2, 0.25) is 0 Å². The number of nitrogens with zero attached hydrogens (tertiary/aromatic N) is 4. The summed E-state index contributed by atoms with van der Waals surface area (Å²) < 4.78 is 28.8. The summed E-state index contributed by atoms with van der Waals surface area (Å²) in [4.78, 5) is 11.7. The molecule has 0 atom stereocenters. The van der Waals surface area contributed by atoms with Gasteiger partial charge in [0.2, 0.25) is 0 Å². The molecule has 0 fully saturated rings. The Morgan fingerprint density at radius 2 is 1.84 bits per heavy atom. The molecule has 2 aromatic carbocycles. The summed E-state index contributed by atoms with van der Waals surface area (Å²) in [5, 5.41) is 11.0. The minimum absolute atomic E-state index is 0.0978. The fourth-order valence-corrected chi connectivity index (χ4v) is 4.88. The summed E-state index contributed by atoms with van der Waals surface area (Å²) in [6.07, 6.45) is 0. The molecule has 0 unspecified atom stereocenters. The van der Waals surface area contributed by atoms with E-state index in [0.29, 0.717) is 43.2 Å². The minimum Gasteiger partial charge on any atom is -0.317 e. The zero-order valence-electron chi connectivity index (χ0n) is 17.7. The van der Waals surface area contributed by atoms with Gasteiger partial charge in [0.15, 0.2) is 10.9 Å². The molecule has 0 N–H and O–H groups in total. The van der Waals surface area contributed by atoms with Crippen molar-refractivity contribution in [2.24, 2.45) is 0 Å². The van der Waals surface area contributed by atoms with Crippen molar-refractivity contribution in [2.75, 3.05) is 11.4 Å². The van der Waals surface area contributed by atoms with Crippen molar-refractivity contribution in [3.05, 3.63) is 69.1 Å². The number of hydrogen-bond acceptors (Lipinski definition) is 5. The predicted octanol–water partition coefficient (Wildman–Crippen LogP) is 7.55. The first-order valence-corrected chi connectivity index (χ1v) is 11.7. The quantitative estimate of drug-likeness (QED) is 0.277. The van der Waals surface area contributed by atoms with Crippen molar-refractivity contribution in [3.63, 3.8) is 0 Å². The van der Waals surface area contributed by atoms with E-state index in [0.717, 1.165) is 11.4 Å². The van der Waals surface area contributed by atoms with Gasteiger partial charge < -0.3 is 4.90 Å². The number of halogens is 3. The maximum absolute atomic E-state index is 14.8. The molecule has 0 saturated carbocycles. The highest BCUT2D eigenvalue weighted by Crippen LogP contribution is 2.40. The van der Waals surface area contributed by atoms with Crippen LogP contribution in [0.4, 0.5) is 19.6 Å². The van der Waals surface area contributed by atoms with Crippen LogP contribution in [0.25, 0.3) is 22.2 Å². The summed E-state index contributed by atoms with van der Waals surface area (Å²) in [5.41, 5.74) is 3.00. The predicted molar refractivity (Wildman–Crippen MR) is 128 cm³/mol. The minimum atomic E-state index is -0.405. The Bertz CT molecular complexity index is 1340. The van der Waals surface area contributed by atoms with Crippen LogP contribution in [0.15, 0.2) is 46.9 Å². The average Bonchev–Trinajstić information content (AvgIpc) is 3.19. The molecule has 4 aromatic rings. The van der Waals surface area contributed by atoms with Gasteiger partial charge in [0.25, 0.3) is 0 Å². The number of pyridine rings is 1. The van der Waals surface area contributed by atoms with Crippen molar-refractivity contribution in [2.45, 2.75) is 26.7 Å². The zero-order chi connectivity index (χ0) is 23.0. The van der Waals surface area contributed by atoms with Gasteiger partial charge in [-0.15, -0.1) is 0 Å². The van der Waals surface area contributed by atoms with Crippen molar-refractivity contribution < 1.29 is 8.78 Å². The molecule has 8 heteroatoms. The topological polar surface area (TPSA) is 52.8 Å². The highest BCUT2D eigenvalue weighted by molar-refractivity contribution is 9.10. The number of anilines is 2. The van der Waals surface area contributed by atoms with E-state index in [-0.39, 0.29) is 11.7 Å². The van der Waals surface area contributed by atoms with Gasteiger partial charge in [0.1, 0.15) is 28.0 Å². The molecule has 162 valence electrons. The number of aromatic nitrogens is 2. The molecule has 0 amide bonds. The van der Waals surface area contributed by atoms with Crippen LogP contribution in [-0.4, -0.2) is 16.5 Å². The Morgan fingerprint density at radius 1 is 1.12 bits per heavy atom. The first kappa shape index (κ1) is 22.3. The van der Waals surface area contributed by atoms with Crippen LogP contribution in [0.5, 0.6) is 0 Å². The Labute approximate surface area is 197 Å². The van der Waals surface area contributed by atoms with Crippen LogP contribution >= 0.6 is 27.3 Å². The normalized spacial score (nSPS) is 11.2. The molecule has 0 bridgehead atoms. The Hall–Kier alpha value is -2.89. The van der Waals surface area contributed by atoms with Crippen molar-refractivity contribution in [1.29, 1.82) is 5.26 Å². The Kier molecular flexibility index (Phi) is 6.22. The number of fused-ring (bicyclic) bond motifs is 1. The van der Waals surface area contributed by atoms with Gasteiger partial charge in [-0.2, -0.15) is 5.26 Å². The van der Waals surface area contributed by atoms with Crippen molar-refractivity contribution >= 4 is 49.0 Å². The summed E-state index contributed by atoms with van der Waals surface area (Å²) >= 11 is 4.63. The fourth-order valence-electron chi connectivity index (χ4n) is 3.49. The third-order valence-corrected chi connectivity index (χ3v) is 6.54. The largest absolute Gasteiger partial charge is 0.317 e. The molecule has 0 aliphatic rings. The molecule has 0 spiro atoms. The van der Waals surface area contributed by atoms with Gasteiger partial charge in [-0.1, -0.05) is 41.1 Å². The highest BCUT2D eigenvalue weighted by Gasteiger charge is 2.22. The fraction of sp³-hybridized carbons (Fsp3) is 0.208. The van der Waals surface area contributed by atoms with E-state index in [4.69, 9.17) is 4.98 Å². The third-order valence-electron chi connectivity index (χ3n) is 5.09. The Balaban J connectivity index is 1.93. The van der Waals surface area contributed by atoms with Gasteiger partial charge in [-0.3, -0.25) is 0 Å². The van der Waals surface area contributed by atoms with Gasteiger partial charge in [-0.25, -0.2) is 18.7 Å². The van der Waals surface area contributed by atoms with Crippen molar-refractivity contribution in [3.8, 4) is 17.3 Å². The maximum Gasteiger partial charge on any atom is 0.191 e. The molecule has 4 nitrogen and oxygen atoms in total. The second-order valence-corrected chi connectivity index (χ2v) is 9.44. The van der Waals surface area contributed by atoms with Crippen LogP contribution < -0.4 is 4.90 Å². The molecule has 32 heavy (non-hydrogen) atoms. The number of rotatable bonds is 5. The molecule has 0 aliphatic heterocycles. The molecule has 4 rings (SSSR count). The second-order valence-electron chi connectivity index (χ2n) is 7.54. The van der Waals surface area contributed by atoms with Crippen LogP contribution in [0.3, 0.4) is 0 Å². The first-order chi connectivity index (χ1) is 15.3. The summed E-state index contributed by atoms with van der Waals surface area (Å²) in [5.74, 6) is -0.659. The van der Waals surface area contributed by atoms with Crippen molar-refractivity contribution in [1.82, 2.24) is 9.97 Å². The summed E-state index contributed by atoms with van der Waals surface area (Å²) in [7, 11) is 0. The lowest BCUT2D eigenvalue weighted by Crippen LogP contribution is -2.17. The average molecular weight is 513 g/mol. The lowest BCUT2D eigenvalue weighted by Gasteiger charge is -2.23. The van der Waals surface area contributed by atoms with Crippen LogP contribution in [-0.2, 0) is 0 Å². The smallest absolute Gasteiger partial charge is 0.191 e. The summed E-state index contributed by atoms with van der Waals surface area (Å²) in [6.45, 7) is 6.54. The molecule has 2 aromatic heterocycles. The van der Waals surface area contributed by atoms with Gasteiger partial charge >= 0.3 is 0 Å². The number of benzene rings is 2. The SMILES string of the molecule is CCN(c1nc(-c2ccc(F)cc2)c(C#N)s1)c1cc(C(C)C)nc2c(F)cc(Br)cc12. The standard InChI is InChI=1S/C24H19BrF2N4S/c1-4-31(24-30-22(21(12-28)32-24)14-5-7-16(26)8-6-14)20-11-19(13(2)3)29-23-17(20)9-15(25)10-18(23)27/h5-11,13H,4H2,1-3H3. The van der Waals surface area contributed by atoms with Crippen LogP contribution in [0, 0.1) is 23.0 Å². The Morgan fingerprint density at radius 3 is 2.47 bits per heavy atom. The molecule has 2 heterocycles. The maximum atomic E-state index is 14.8. The molecular weight excluding hydrogens is 494 g/mol. The lowest BCUT2D eigenvalue weighted by atomic mass is 10.1.